The van der Waals surface area contributed by atoms with Gasteiger partial charge in [-0.15, -0.1) is 0 Å². The molecule has 22 heteroatoms. The van der Waals surface area contributed by atoms with Crippen molar-refractivity contribution < 1.29 is 60.3 Å². The van der Waals surface area contributed by atoms with Crippen LogP contribution in [0.15, 0.2) is 0 Å². The number of rotatable bonds is 0. The van der Waals surface area contributed by atoms with Crippen LogP contribution >= 0.6 is 0 Å². The first-order valence-electron chi connectivity index (χ1n) is 3.10. The van der Waals surface area contributed by atoms with Gasteiger partial charge in [-0.3, -0.25) is 0 Å². The van der Waals surface area contributed by atoms with Gasteiger partial charge in [0, 0.05) is 0 Å². The van der Waals surface area contributed by atoms with Gasteiger partial charge in [0.25, 0.3) is 0 Å². The second-order valence-corrected chi connectivity index (χ2v) is 1.39. The molecular weight excluding hydrogens is 1000 g/mol. The zero-order chi connectivity index (χ0) is 14.3. The molecule has 12 nitrogen and oxygen atoms in total. The molecule has 0 radical (unpaired) electrons. The van der Waals surface area contributed by atoms with Gasteiger partial charge in [-0.05, 0) is 0 Å². The molecule has 12 N–H and O–H groups in total. The first-order valence-corrected chi connectivity index (χ1v) is 3.10. The van der Waals surface area contributed by atoms with Gasteiger partial charge in [-0.2, -0.15) is 0 Å². The monoisotopic (exact) mass is 1040 g/mol. The summed E-state index contributed by atoms with van der Waals surface area (Å²) in [5, 5.41) is 86.0. The summed E-state index contributed by atoms with van der Waals surface area (Å²) in [5.41, 5.74) is 0. The molecule has 0 aromatic carbocycles. The van der Waals surface area contributed by atoms with Gasteiger partial charge in [0.1, 0.15) is 0 Å². The topological polar surface area (TPSA) is 243 Å². The molecule has 0 unspecified atom stereocenters. The van der Waals surface area contributed by atoms with Gasteiger partial charge in [0.15, 0.2) is 0 Å². The third kappa shape index (κ3) is 664. The molecule has 0 fully saturated rings. The summed E-state index contributed by atoms with van der Waals surface area (Å²) in [6.45, 7) is 0. The van der Waals surface area contributed by atoms with Gasteiger partial charge in [0.05, 0.1) is 0 Å². The molecule has 0 aliphatic heterocycles. The molecular formula is H24B4O12Te6. The fourth-order valence-electron chi connectivity index (χ4n) is 0. The fraction of sp³-hybridized carbons (Fsp3) is 0. The first kappa shape index (κ1) is 63.3. The Morgan fingerprint density at radius 1 is 0.227 bits per heavy atom. The predicted molar refractivity (Wildman–Crippen MR) is 101 cm³/mol. The zero-order valence-corrected chi connectivity index (χ0v) is 27.8. The molecule has 0 saturated carbocycles. The van der Waals surface area contributed by atoms with Crippen molar-refractivity contribution in [2.24, 2.45) is 0 Å². The van der Waals surface area contributed by atoms with E-state index in [9.17, 15) is 0 Å². The van der Waals surface area contributed by atoms with Gasteiger partial charge in [-0.1, -0.05) is 0 Å². The molecule has 0 aromatic rings. The SMILES string of the molecule is OB(O)O.OB(O)O.OB(O)O.OB(O)O.[TeH2].[TeH2].[TeH2].[TeH2].[TeH2].[TeH2]. The van der Waals surface area contributed by atoms with Gasteiger partial charge in [-0.25, -0.2) is 0 Å². The molecule has 0 bridgehead atoms. The predicted octanol–water partition coefficient (Wildman–Crippen LogP) is -13.7. The summed E-state index contributed by atoms with van der Waals surface area (Å²) >= 11 is 0. The molecule has 0 spiro atoms. The van der Waals surface area contributed by atoms with Crippen LogP contribution in [0.4, 0.5) is 0 Å². The summed E-state index contributed by atoms with van der Waals surface area (Å²) in [7, 11) is -8.67. The van der Waals surface area contributed by atoms with E-state index in [4.69, 9.17) is 60.3 Å². The Kier molecular flexibility index (Phi) is 162. The van der Waals surface area contributed by atoms with E-state index in [0.717, 1.165) is 0 Å². The van der Waals surface area contributed by atoms with E-state index in [1.165, 1.54) is 0 Å². The van der Waals surface area contributed by atoms with E-state index >= 15 is 0 Å². The van der Waals surface area contributed by atoms with Crippen LogP contribution in [0.2, 0.25) is 0 Å². The van der Waals surface area contributed by atoms with Crippen LogP contribution in [0.5, 0.6) is 0 Å². The van der Waals surface area contributed by atoms with Crippen molar-refractivity contribution in [3.05, 3.63) is 0 Å². The molecule has 0 saturated heterocycles. The molecule has 0 amide bonds. The van der Waals surface area contributed by atoms with Gasteiger partial charge >= 0.3 is 171 Å². The Morgan fingerprint density at radius 3 is 0.227 bits per heavy atom. The van der Waals surface area contributed by atoms with Crippen LogP contribution < -0.4 is 0 Å². The normalized spacial score (nSPS) is 4.91. The quantitative estimate of drug-likeness (QED) is 0.101. The Balaban J connectivity index is -0.00000001000. The Hall–Kier alpha value is 4.52. The molecule has 0 heterocycles. The Labute approximate surface area is 228 Å². The van der Waals surface area contributed by atoms with E-state index in [1.807, 2.05) is 0 Å². The molecule has 0 aliphatic rings. The summed E-state index contributed by atoms with van der Waals surface area (Å²) in [4.78, 5) is 0. The fourth-order valence-corrected chi connectivity index (χ4v) is 0. The third-order valence-electron chi connectivity index (χ3n) is 0. The second kappa shape index (κ2) is 56.2. The average molecular weight is 1030 g/mol. The molecule has 22 heavy (non-hydrogen) atoms. The van der Waals surface area contributed by atoms with Crippen LogP contribution in [0.1, 0.15) is 0 Å². The number of hydrogen-bond donors (Lipinski definition) is 12. The summed E-state index contributed by atoms with van der Waals surface area (Å²) in [6.07, 6.45) is 0. The van der Waals surface area contributed by atoms with Crippen molar-refractivity contribution in [2.75, 3.05) is 0 Å². The van der Waals surface area contributed by atoms with E-state index < -0.39 is 29.3 Å². The van der Waals surface area contributed by atoms with Crippen LogP contribution in [0.25, 0.3) is 0 Å². The molecule has 0 atom stereocenters. The summed E-state index contributed by atoms with van der Waals surface area (Å²) in [5.74, 6) is 0. The first-order chi connectivity index (χ1) is 6.93. The van der Waals surface area contributed by atoms with Crippen LogP contribution in [0.3, 0.4) is 0 Å². The molecule has 0 aromatic heterocycles. The Morgan fingerprint density at radius 2 is 0.227 bits per heavy atom. The van der Waals surface area contributed by atoms with Crippen molar-refractivity contribution >= 4 is 171 Å². The number of hydrogen-bond acceptors (Lipinski definition) is 12. The third-order valence-corrected chi connectivity index (χ3v) is 0. The van der Waals surface area contributed by atoms with Crippen LogP contribution in [0, 0.1) is 0 Å². The Bertz CT molecular complexity index is 74.6. The van der Waals surface area contributed by atoms with Crippen molar-refractivity contribution in [3.63, 3.8) is 0 Å². The van der Waals surface area contributed by atoms with Crippen molar-refractivity contribution in [1.29, 1.82) is 0 Å². The van der Waals surface area contributed by atoms with E-state index in [0.29, 0.717) is 0 Å². The van der Waals surface area contributed by atoms with E-state index in [2.05, 4.69) is 0 Å². The standard InChI is InChI=1S/4BH3O3.6H2Te/c4*2-1(3)4;;;;;;/h4*2-4H;6*1H2. The van der Waals surface area contributed by atoms with Crippen LogP contribution in [-0.4, -0.2) is 232 Å². The van der Waals surface area contributed by atoms with Crippen molar-refractivity contribution in [3.8, 4) is 0 Å². The second-order valence-electron chi connectivity index (χ2n) is 1.39. The molecule has 144 valence electrons. The summed E-state index contributed by atoms with van der Waals surface area (Å²) in [6, 6.07) is 0. The molecule has 0 rings (SSSR count). The van der Waals surface area contributed by atoms with Crippen molar-refractivity contribution in [1.82, 2.24) is 0 Å². The summed E-state index contributed by atoms with van der Waals surface area (Å²) < 4.78 is 0. The van der Waals surface area contributed by atoms with E-state index in [-0.39, 0.29) is 142 Å². The van der Waals surface area contributed by atoms with Crippen molar-refractivity contribution in [2.45, 2.75) is 0 Å². The van der Waals surface area contributed by atoms with E-state index in [1.54, 1.807) is 0 Å². The van der Waals surface area contributed by atoms with Gasteiger partial charge < -0.3 is 60.3 Å². The minimum atomic E-state index is -2.17. The maximum atomic E-state index is 7.17. The van der Waals surface area contributed by atoms with Gasteiger partial charge in [0.2, 0.25) is 0 Å². The van der Waals surface area contributed by atoms with Crippen LogP contribution in [-0.2, 0) is 0 Å². The molecule has 0 aliphatic carbocycles. The maximum absolute atomic E-state index is 7.17. The minimum absolute atomic E-state index is 0. The zero-order valence-electron chi connectivity index (χ0n) is 10.7. The average Bonchev–Trinajstić information content (AvgIpc) is 1.76.